The van der Waals surface area contributed by atoms with E-state index in [2.05, 4.69) is 21.9 Å². The lowest BCUT2D eigenvalue weighted by Crippen LogP contribution is -2.29. The molecule has 0 saturated carbocycles. The van der Waals surface area contributed by atoms with Gasteiger partial charge in [0.1, 0.15) is 22.2 Å². The van der Waals surface area contributed by atoms with Crippen molar-refractivity contribution in [2.45, 2.75) is 77.7 Å². The van der Waals surface area contributed by atoms with Crippen molar-refractivity contribution in [3.05, 3.63) is 45.7 Å². The standard InChI is InChI=1S/C25H35N5O4S/c1-5-8-12-19(7-3)17-27-35(33,34)22-14-11-10-13-21(22)28-29-23-18(4)20(16-26)24(31)30(25(23)32)15-9-6-2/h10-11,13-14,19,27,32H,5-9,12,15,17H2,1-4H3/b29-28+. The maximum atomic E-state index is 13.1. The molecule has 0 bridgehead atoms. The van der Waals surface area contributed by atoms with Gasteiger partial charge in [-0.2, -0.15) is 5.26 Å². The van der Waals surface area contributed by atoms with Crippen LogP contribution < -0.4 is 10.3 Å². The highest BCUT2D eigenvalue weighted by Crippen LogP contribution is 2.33. The fourth-order valence-electron chi connectivity index (χ4n) is 3.70. The Labute approximate surface area is 207 Å². The molecule has 1 heterocycles. The summed E-state index contributed by atoms with van der Waals surface area (Å²) in [4.78, 5) is 12.6. The lowest BCUT2D eigenvalue weighted by molar-refractivity contribution is 0.402. The van der Waals surface area contributed by atoms with Crippen LogP contribution in [0.1, 0.15) is 70.4 Å². The first-order chi connectivity index (χ1) is 16.7. The molecule has 0 radical (unpaired) electrons. The van der Waals surface area contributed by atoms with E-state index < -0.39 is 21.5 Å². The Bertz CT molecular complexity index is 1250. The number of hydrogen-bond acceptors (Lipinski definition) is 7. The fraction of sp³-hybridized carbons (Fsp3) is 0.520. The Morgan fingerprint density at radius 3 is 2.46 bits per heavy atom. The average Bonchev–Trinajstić information content (AvgIpc) is 2.84. The summed E-state index contributed by atoms with van der Waals surface area (Å²) in [5.41, 5.74) is -0.483. The van der Waals surface area contributed by atoms with E-state index in [1.807, 2.05) is 19.9 Å². The molecule has 0 amide bonds. The topological polar surface area (TPSA) is 137 Å². The Morgan fingerprint density at radius 1 is 1.14 bits per heavy atom. The van der Waals surface area contributed by atoms with Gasteiger partial charge in [0, 0.05) is 18.7 Å². The molecular weight excluding hydrogens is 466 g/mol. The van der Waals surface area contributed by atoms with Gasteiger partial charge in [0.15, 0.2) is 5.69 Å². The van der Waals surface area contributed by atoms with E-state index in [1.165, 1.54) is 19.1 Å². The number of azo groups is 1. The van der Waals surface area contributed by atoms with Gasteiger partial charge in [-0.3, -0.25) is 9.36 Å². The normalized spacial score (nSPS) is 12.7. The van der Waals surface area contributed by atoms with Gasteiger partial charge in [0.05, 0.1) is 0 Å². The van der Waals surface area contributed by atoms with Crippen molar-refractivity contribution in [1.29, 1.82) is 5.26 Å². The SMILES string of the molecule is CCCCC(CC)CNS(=O)(=O)c1ccccc1/N=N/c1c(C)c(C#N)c(=O)n(CCCC)c1O. The first-order valence-electron chi connectivity index (χ1n) is 12.1. The number of pyridine rings is 1. The summed E-state index contributed by atoms with van der Waals surface area (Å²) in [6.07, 6.45) is 5.33. The average molecular weight is 502 g/mol. The fourth-order valence-corrected chi connectivity index (χ4v) is 4.95. The second-order valence-electron chi connectivity index (χ2n) is 8.53. The molecule has 1 atom stereocenters. The lowest BCUT2D eigenvalue weighted by Gasteiger charge is -2.16. The quantitative estimate of drug-likeness (QED) is 0.352. The molecule has 1 aromatic carbocycles. The van der Waals surface area contributed by atoms with Crippen LogP contribution in [0.2, 0.25) is 0 Å². The molecular formula is C25H35N5O4S. The van der Waals surface area contributed by atoms with Gasteiger partial charge in [-0.05, 0) is 37.8 Å². The van der Waals surface area contributed by atoms with Crippen LogP contribution in [0, 0.1) is 24.2 Å². The van der Waals surface area contributed by atoms with Crippen LogP contribution in [0.3, 0.4) is 0 Å². The maximum Gasteiger partial charge on any atom is 0.271 e. The Kier molecular flexibility index (Phi) is 10.6. The maximum absolute atomic E-state index is 13.1. The number of benzene rings is 1. The number of unbranched alkanes of at least 4 members (excludes halogenated alkanes) is 2. The van der Waals surface area contributed by atoms with Gasteiger partial charge in [-0.25, -0.2) is 13.1 Å². The van der Waals surface area contributed by atoms with Gasteiger partial charge in [0.25, 0.3) is 5.56 Å². The van der Waals surface area contributed by atoms with Crippen molar-refractivity contribution in [3.8, 4) is 11.9 Å². The second-order valence-corrected chi connectivity index (χ2v) is 10.3. The van der Waals surface area contributed by atoms with Gasteiger partial charge in [-0.15, -0.1) is 10.2 Å². The van der Waals surface area contributed by atoms with Crippen LogP contribution in [-0.4, -0.2) is 24.6 Å². The predicted octanol–water partition coefficient (Wildman–Crippen LogP) is 5.44. The first kappa shape index (κ1) is 28.2. The molecule has 2 N–H and O–H groups in total. The van der Waals surface area contributed by atoms with E-state index in [1.54, 1.807) is 12.1 Å². The number of nitrogens with zero attached hydrogens (tertiary/aromatic N) is 4. The monoisotopic (exact) mass is 501 g/mol. The molecule has 0 fully saturated rings. The number of nitrogens with one attached hydrogen (secondary N) is 1. The second kappa shape index (κ2) is 13.2. The third-order valence-corrected chi connectivity index (χ3v) is 7.49. The number of sulfonamides is 1. The van der Waals surface area contributed by atoms with Crippen molar-refractivity contribution in [1.82, 2.24) is 9.29 Å². The van der Waals surface area contributed by atoms with E-state index in [-0.39, 0.29) is 39.9 Å². The van der Waals surface area contributed by atoms with E-state index in [4.69, 9.17) is 0 Å². The smallest absolute Gasteiger partial charge is 0.271 e. The van der Waals surface area contributed by atoms with Crippen molar-refractivity contribution >= 4 is 21.4 Å². The largest absolute Gasteiger partial charge is 0.493 e. The summed E-state index contributed by atoms with van der Waals surface area (Å²) in [6.45, 7) is 8.15. The molecule has 0 saturated heterocycles. The minimum absolute atomic E-state index is 0.0361. The molecule has 9 nitrogen and oxygen atoms in total. The minimum Gasteiger partial charge on any atom is -0.493 e. The molecule has 0 spiro atoms. The summed E-state index contributed by atoms with van der Waals surface area (Å²) >= 11 is 0. The van der Waals surface area contributed by atoms with E-state index in [0.717, 1.165) is 36.7 Å². The van der Waals surface area contributed by atoms with Crippen molar-refractivity contribution in [2.75, 3.05) is 6.54 Å². The van der Waals surface area contributed by atoms with E-state index in [9.17, 15) is 23.6 Å². The third kappa shape index (κ3) is 6.99. The van der Waals surface area contributed by atoms with Gasteiger partial charge in [0.2, 0.25) is 15.9 Å². The zero-order valence-electron chi connectivity index (χ0n) is 20.9. The molecule has 1 unspecified atom stereocenters. The van der Waals surface area contributed by atoms with Crippen molar-refractivity contribution in [3.63, 3.8) is 0 Å². The Hall–Kier alpha value is -3.03. The van der Waals surface area contributed by atoms with Gasteiger partial charge < -0.3 is 5.11 Å². The summed E-state index contributed by atoms with van der Waals surface area (Å²) < 4.78 is 29.9. The predicted molar refractivity (Wildman–Crippen MR) is 136 cm³/mol. The highest BCUT2D eigenvalue weighted by molar-refractivity contribution is 7.89. The Balaban J connectivity index is 2.44. The molecule has 0 aliphatic heterocycles. The molecule has 190 valence electrons. The molecule has 1 aromatic heterocycles. The minimum atomic E-state index is -3.86. The number of hydrogen-bond donors (Lipinski definition) is 2. The number of rotatable bonds is 13. The van der Waals surface area contributed by atoms with Crippen molar-refractivity contribution < 1.29 is 13.5 Å². The number of aromatic hydroxyl groups is 1. The van der Waals surface area contributed by atoms with Gasteiger partial charge >= 0.3 is 0 Å². The highest BCUT2D eigenvalue weighted by atomic mass is 32.2. The Morgan fingerprint density at radius 2 is 1.83 bits per heavy atom. The molecule has 10 heteroatoms. The highest BCUT2D eigenvalue weighted by Gasteiger charge is 2.22. The molecule has 0 aliphatic rings. The summed E-state index contributed by atoms with van der Waals surface area (Å²) in [7, 11) is -3.86. The van der Waals surface area contributed by atoms with Crippen molar-refractivity contribution in [2.24, 2.45) is 16.1 Å². The lowest BCUT2D eigenvalue weighted by atomic mass is 10.00. The third-order valence-electron chi connectivity index (χ3n) is 6.02. The van der Waals surface area contributed by atoms with Gasteiger partial charge in [-0.1, -0.05) is 58.6 Å². The first-order valence-corrected chi connectivity index (χ1v) is 13.6. The summed E-state index contributed by atoms with van der Waals surface area (Å²) in [6, 6.07) is 8.07. The molecule has 35 heavy (non-hydrogen) atoms. The van der Waals surface area contributed by atoms with Crippen LogP contribution in [0.5, 0.6) is 5.88 Å². The van der Waals surface area contributed by atoms with Crippen LogP contribution in [-0.2, 0) is 16.6 Å². The van der Waals surface area contributed by atoms with E-state index >= 15 is 0 Å². The van der Waals surface area contributed by atoms with Crippen LogP contribution >= 0.6 is 0 Å². The van der Waals surface area contributed by atoms with Crippen LogP contribution in [0.25, 0.3) is 0 Å². The number of aromatic nitrogens is 1. The van der Waals surface area contributed by atoms with Crippen LogP contribution in [0.4, 0.5) is 11.4 Å². The molecule has 2 aromatic rings. The zero-order valence-corrected chi connectivity index (χ0v) is 21.7. The summed E-state index contributed by atoms with van der Waals surface area (Å²) in [5.74, 6) is -0.157. The molecule has 2 rings (SSSR count). The number of nitriles is 1. The zero-order chi connectivity index (χ0) is 26.0. The van der Waals surface area contributed by atoms with E-state index in [0.29, 0.717) is 13.0 Å². The summed E-state index contributed by atoms with van der Waals surface area (Å²) in [5, 5.41) is 28.4. The van der Waals surface area contributed by atoms with Crippen LogP contribution in [0.15, 0.2) is 44.2 Å². The molecule has 0 aliphatic carbocycles.